The van der Waals surface area contributed by atoms with Crippen LogP contribution in [0.15, 0.2) is 0 Å². The zero-order chi connectivity index (χ0) is 16.0. The predicted molar refractivity (Wildman–Crippen MR) is 85.4 cm³/mol. The van der Waals surface area contributed by atoms with Gasteiger partial charge in [-0.15, -0.1) is 0 Å². The first-order chi connectivity index (χ1) is 10.3. The van der Waals surface area contributed by atoms with Crippen LogP contribution in [0.25, 0.3) is 0 Å². The number of hydrogen-bond acceptors (Lipinski definition) is 2. The summed E-state index contributed by atoms with van der Waals surface area (Å²) in [5.74, 6) is 0.737. The van der Waals surface area contributed by atoms with Gasteiger partial charge in [-0.1, -0.05) is 20.8 Å². The summed E-state index contributed by atoms with van der Waals surface area (Å²) in [5, 5.41) is 5.88. The summed E-state index contributed by atoms with van der Waals surface area (Å²) in [6.07, 6.45) is 5.68. The van der Waals surface area contributed by atoms with Crippen LogP contribution in [0.1, 0.15) is 52.9 Å². The number of urea groups is 1. The highest BCUT2D eigenvalue weighted by Crippen LogP contribution is 2.65. The first-order valence-corrected chi connectivity index (χ1v) is 8.67. The Labute approximate surface area is 133 Å². The Morgan fingerprint density at radius 2 is 1.86 bits per heavy atom. The standard InChI is InChI=1S/C17H29N3O2/c1-16(2)12-6-7-17(16,3)13(10-12)19-15(22)18-11-14(21)20-8-4-5-9-20/h12-13H,4-11H2,1-3H3,(H2,18,19,22)/t12-,13-,17-/m0/s1. The van der Waals surface area contributed by atoms with Crippen LogP contribution in [0.2, 0.25) is 0 Å². The number of likely N-dealkylation sites (tertiary alicyclic amines) is 1. The molecule has 2 bridgehead atoms. The number of carbonyl (C=O) groups excluding carboxylic acids is 2. The van der Waals surface area contributed by atoms with Crippen LogP contribution in [0.3, 0.4) is 0 Å². The van der Waals surface area contributed by atoms with Crippen LogP contribution in [0.5, 0.6) is 0 Å². The highest BCUT2D eigenvalue weighted by atomic mass is 16.2. The number of amides is 3. The van der Waals surface area contributed by atoms with Gasteiger partial charge in [0.25, 0.3) is 0 Å². The summed E-state index contributed by atoms with van der Waals surface area (Å²) < 4.78 is 0. The molecule has 3 atom stereocenters. The van der Waals surface area contributed by atoms with Gasteiger partial charge in [0.05, 0.1) is 6.54 Å². The molecule has 0 radical (unpaired) electrons. The number of fused-ring (bicyclic) bond motifs is 2. The third-order valence-electron chi connectivity index (χ3n) is 6.96. The second-order valence-corrected chi connectivity index (χ2v) is 8.08. The molecule has 5 heteroatoms. The number of nitrogens with one attached hydrogen (secondary N) is 2. The van der Waals surface area contributed by atoms with E-state index in [1.165, 1.54) is 12.8 Å². The van der Waals surface area contributed by atoms with E-state index in [0.29, 0.717) is 5.92 Å². The lowest BCUT2D eigenvalue weighted by Gasteiger charge is -2.39. The molecule has 5 nitrogen and oxygen atoms in total. The highest BCUT2D eigenvalue weighted by molar-refractivity contribution is 5.84. The number of nitrogens with zero attached hydrogens (tertiary/aromatic N) is 1. The maximum Gasteiger partial charge on any atom is 0.315 e. The molecule has 0 unspecified atom stereocenters. The molecule has 3 aliphatic rings. The Morgan fingerprint density at radius 1 is 1.18 bits per heavy atom. The minimum absolute atomic E-state index is 0.0344. The summed E-state index contributed by atoms with van der Waals surface area (Å²) in [6, 6.07) is 0.0326. The molecule has 0 aromatic carbocycles. The van der Waals surface area contributed by atoms with Gasteiger partial charge in [-0.25, -0.2) is 4.79 Å². The van der Waals surface area contributed by atoms with Crippen LogP contribution in [-0.2, 0) is 4.79 Å². The van der Waals surface area contributed by atoms with Gasteiger partial charge in [0.1, 0.15) is 0 Å². The molecule has 3 rings (SSSR count). The summed E-state index contributed by atoms with van der Waals surface area (Å²) in [5.41, 5.74) is 0.463. The van der Waals surface area contributed by atoms with Crippen molar-refractivity contribution in [3.63, 3.8) is 0 Å². The summed E-state index contributed by atoms with van der Waals surface area (Å²) in [4.78, 5) is 26.0. The fourth-order valence-corrected chi connectivity index (χ4v) is 4.87. The van der Waals surface area contributed by atoms with Crippen molar-refractivity contribution < 1.29 is 9.59 Å². The molecule has 1 heterocycles. The predicted octanol–water partition coefficient (Wildman–Crippen LogP) is 2.12. The van der Waals surface area contributed by atoms with Crippen LogP contribution < -0.4 is 10.6 Å². The second-order valence-electron chi connectivity index (χ2n) is 8.08. The van der Waals surface area contributed by atoms with Crippen LogP contribution >= 0.6 is 0 Å². The molecule has 0 spiro atoms. The molecule has 2 saturated carbocycles. The zero-order valence-corrected chi connectivity index (χ0v) is 14.1. The normalized spacial score (nSPS) is 35.7. The van der Waals surface area contributed by atoms with E-state index in [0.717, 1.165) is 32.4 Å². The van der Waals surface area contributed by atoms with Crippen LogP contribution in [0, 0.1) is 16.7 Å². The molecule has 2 N–H and O–H groups in total. The van der Waals surface area contributed by atoms with E-state index in [9.17, 15) is 9.59 Å². The third kappa shape index (κ3) is 2.38. The maximum atomic E-state index is 12.2. The molecule has 0 aromatic heterocycles. The molecular weight excluding hydrogens is 278 g/mol. The highest BCUT2D eigenvalue weighted by Gasteiger charge is 2.61. The Balaban J connectivity index is 1.49. The molecule has 1 saturated heterocycles. The minimum atomic E-state index is -0.192. The van der Waals surface area contributed by atoms with Crippen LogP contribution in [0.4, 0.5) is 4.79 Å². The van der Waals surface area contributed by atoms with Crippen molar-refractivity contribution in [3.05, 3.63) is 0 Å². The Kier molecular flexibility index (Phi) is 3.86. The first kappa shape index (κ1) is 15.6. The van der Waals surface area contributed by atoms with Crippen molar-refractivity contribution in [3.8, 4) is 0 Å². The number of rotatable bonds is 3. The summed E-state index contributed by atoms with van der Waals surface area (Å²) in [7, 11) is 0. The van der Waals surface area contributed by atoms with Crippen molar-refractivity contribution in [2.75, 3.05) is 19.6 Å². The third-order valence-corrected chi connectivity index (χ3v) is 6.96. The fourth-order valence-electron chi connectivity index (χ4n) is 4.87. The average molecular weight is 307 g/mol. The summed E-state index contributed by atoms with van der Waals surface area (Å²) >= 11 is 0. The van der Waals surface area contributed by atoms with Crippen molar-refractivity contribution >= 4 is 11.9 Å². The lowest BCUT2D eigenvalue weighted by Crippen LogP contribution is -2.51. The largest absolute Gasteiger partial charge is 0.341 e. The fraction of sp³-hybridized carbons (Fsp3) is 0.882. The van der Waals surface area contributed by atoms with E-state index in [4.69, 9.17) is 0 Å². The monoisotopic (exact) mass is 307 g/mol. The van der Waals surface area contributed by atoms with E-state index >= 15 is 0 Å². The molecular formula is C17H29N3O2. The smallest absolute Gasteiger partial charge is 0.315 e. The van der Waals surface area contributed by atoms with Crippen molar-refractivity contribution in [2.45, 2.75) is 58.9 Å². The van der Waals surface area contributed by atoms with Gasteiger partial charge < -0.3 is 15.5 Å². The first-order valence-electron chi connectivity index (χ1n) is 8.67. The van der Waals surface area contributed by atoms with Gasteiger partial charge in [-0.3, -0.25) is 4.79 Å². The van der Waals surface area contributed by atoms with E-state index in [1.54, 1.807) is 0 Å². The molecule has 3 fully saturated rings. The Bertz CT molecular complexity index is 471. The minimum Gasteiger partial charge on any atom is -0.341 e. The van der Waals surface area contributed by atoms with E-state index < -0.39 is 0 Å². The number of carbonyl (C=O) groups is 2. The molecule has 1 aliphatic heterocycles. The lowest BCUT2D eigenvalue weighted by molar-refractivity contribution is -0.129. The van der Waals surface area contributed by atoms with E-state index in [-0.39, 0.29) is 35.4 Å². The number of hydrogen-bond donors (Lipinski definition) is 2. The average Bonchev–Trinajstić information content (AvgIpc) is 3.11. The molecule has 124 valence electrons. The molecule has 2 aliphatic carbocycles. The molecule has 0 aromatic rings. The molecule has 3 amide bonds. The van der Waals surface area contributed by atoms with Crippen LogP contribution in [-0.4, -0.2) is 42.5 Å². The van der Waals surface area contributed by atoms with Gasteiger partial charge in [0.2, 0.25) is 5.91 Å². The maximum absolute atomic E-state index is 12.2. The van der Waals surface area contributed by atoms with Crippen molar-refractivity contribution in [1.82, 2.24) is 15.5 Å². The Morgan fingerprint density at radius 3 is 2.41 bits per heavy atom. The second kappa shape index (κ2) is 5.43. The van der Waals surface area contributed by atoms with Crippen molar-refractivity contribution in [1.29, 1.82) is 0 Å². The van der Waals surface area contributed by atoms with Gasteiger partial charge in [0, 0.05) is 19.1 Å². The topological polar surface area (TPSA) is 61.4 Å². The van der Waals surface area contributed by atoms with E-state index in [1.807, 2.05) is 4.90 Å². The molecule has 22 heavy (non-hydrogen) atoms. The lowest BCUT2D eigenvalue weighted by atomic mass is 9.69. The summed E-state index contributed by atoms with van der Waals surface area (Å²) in [6.45, 7) is 8.75. The SMILES string of the molecule is CC1(C)[C@H]2CC[C@@]1(C)[C@@H](NC(=O)NCC(=O)N1CCCC1)C2. The van der Waals surface area contributed by atoms with Crippen molar-refractivity contribution in [2.24, 2.45) is 16.7 Å². The van der Waals surface area contributed by atoms with Gasteiger partial charge in [-0.05, 0) is 48.9 Å². The van der Waals surface area contributed by atoms with Gasteiger partial charge in [-0.2, -0.15) is 0 Å². The Hall–Kier alpha value is -1.26. The van der Waals surface area contributed by atoms with E-state index in [2.05, 4.69) is 31.4 Å². The quantitative estimate of drug-likeness (QED) is 0.839. The van der Waals surface area contributed by atoms with Gasteiger partial charge in [0.15, 0.2) is 0 Å². The van der Waals surface area contributed by atoms with Gasteiger partial charge >= 0.3 is 6.03 Å². The zero-order valence-electron chi connectivity index (χ0n) is 14.1.